The van der Waals surface area contributed by atoms with Crippen LogP contribution in [-0.2, 0) is 20.9 Å². The summed E-state index contributed by atoms with van der Waals surface area (Å²) in [4.78, 5) is 37.6. The fourth-order valence-corrected chi connectivity index (χ4v) is 4.80. The summed E-state index contributed by atoms with van der Waals surface area (Å²) in [6, 6.07) is 9.58. The van der Waals surface area contributed by atoms with E-state index in [0.717, 1.165) is 22.2 Å². The van der Waals surface area contributed by atoms with Crippen LogP contribution in [0.4, 0.5) is 4.79 Å². The summed E-state index contributed by atoms with van der Waals surface area (Å²) in [6.07, 6.45) is 1.54. The van der Waals surface area contributed by atoms with Gasteiger partial charge in [-0.05, 0) is 76.1 Å². The number of hydrogen-bond acceptors (Lipinski definition) is 6. The van der Waals surface area contributed by atoms with Crippen molar-refractivity contribution in [2.24, 2.45) is 0 Å². The summed E-state index contributed by atoms with van der Waals surface area (Å²) in [5.74, 6) is -0.791. The Labute approximate surface area is 201 Å². The third-order valence-corrected chi connectivity index (χ3v) is 6.37. The molecule has 31 heavy (non-hydrogen) atoms. The van der Waals surface area contributed by atoms with Crippen LogP contribution in [0.25, 0.3) is 6.08 Å². The number of carbonyl (C=O) groups excluding carboxylic acids is 3. The molecule has 0 unspecified atom stereocenters. The Hall–Kier alpha value is -2.00. The van der Waals surface area contributed by atoms with Crippen LogP contribution in [0.15, 0.2) is 45.8 Å². The van der Waals surface area contributed by atoms with Gasteiger partial charge in [-0.15, -0.1) is 0 Å². The number of thioether (sulfide) groups is 1. The quantitative estimate of drug-likeness (QED) is 0.331. The first-order valence-corrected chi connectivity index (χ1v) is 11.3. The second-order valence-corrected chi connectivity index (χ2v) is 9.17. The van der Waals surface area contributed by atoms with Crippen LogP contribution in [-0.4, -0.2) is 35.2 Å². The molecule has 1 fully saturated rings. The van der Waals surface area contributed by atoms with Crippen molar-refractivity contribution in [3.63, 3.8) is 0 Å². The molecule has 1 aliphatic heterocycles. The number of benzene rings is 2. The van der Waals surface area contributed by atoms with Crippen LogP contribution in [0.1, 0.15) is 18.1 Å². The molecule has 0 spiro atoms. The lowest BCUT2D eigenvalue weighted by Crippen LogP contribution is -2.42. The number of halogens is 3. The van der Waals surface area contributed by atoms with Crippen molar-refractivity contribution in [2.45, 2.75) is 19.6 Å². The molecule has 2 aromatic carbocycles. The van der Waals surface area contributed by atoms with Gasteiger partial charge in [0.1, 0.15) is 12.6 Å². The van der Waals surface area contributed by atoms with Gasteiger partial charge < -0.3 is 9.47 Å². The van der Waals surface area contributed by atoms with E-state index in [9.17, 15) is 14.4 Å². The van der Waals surface area contributed by atoms with E-state index >= 15 is 0 Å². The summed E-state index contributed by atoms with van der Waals surface area (Å²) in [7, 11) is 1.20. The molecule has 2 aromatic rings. The molecule has 10 heteroatoms. The van der Waals surface area contributed by atoms with Crippen LogP contribution in [0.2, 0.25) is 10.0 Å². The van der Waals surface area contributed by atoms with Crippen LogP contribution in [0, 0.1) is 0 Å². The number of amides is 2. The normalized spacial score (nSPS) is 16.0. The van der Waals surface area contributed by atoms with E-state index < -0.39 is 23.2 Å². The topological polar surface area (TPSA) is 72.9 Å². The Morgan fingerprint density at radius 2 is 1.90 bits per heavy atom. The number of carbonyl (C=O) groups is 3. The number of esters is 1. The maximum atomic E-state index is 12.6. The van der Waals surface area contributed by atoms with Gasteiger partial charge in [0.25, 0.3) is 11.1 Å². The highest BCUT2D eigenvalue weighted by molar-refractivity contribution is 9.10. The molecule has 0 aliphatic carbocycles. The summed E-state index contributed by atoms with van der Waals surface area (Å²) in [5, 5.41) is 0.427. The first-order valence-electron chi connectivity index (χ1n) is 8.92. The molecular weight excluding hydrogens is 529 g/mol. The van der Waals surface area contributed by atoms with Gasteiger partial charge in [-0.25, -0.2) is 4.79 Å². The molecule has 6 nitrogen and oxygen atoms in total. The van der Waals surface area contributed by atoms with E-state index in [0.29, 0.717) is 32.4 Å². The zero-order chi connectivity index (χ0) is 22.7. The smallest absolute Gasteiger partial charge is 0.328 e. The Bertz CT molecular complexity index is 1050. The molecule has 0 N–H and O–H groups in total. The molecule has 1 heterocycles. The minimum absolute atomic E-state index is 0.179. The summed E-state index contributed by atoms with van der Waals surface area (Å²) >= 11 is 16.4. The Morgan fingerprint density at radius 1 is 1.23 bits per heavy atom. The van der Waals surface area contributed by atoms with Crippen molar-refractivity contribution in [1.82, 2.24) is 4.90 Å². The molecular formula is C21H16BrCl2NO5S. The molecule has 0 saturated carbocycles. The molecule has 1 aliphatic rings. The van der Waals surface area contributed by atoms with Gasteiger partial charge >= 0.3 is 5.97 Å². The van der Waals surface area contributed by atoms with E-state index in [4.69, 9.17) is 27.9 Å². The number of nitrogens with zero attached hydrogens (tertiary/aromatic N) is 1. The largest absolute Gasteiger partial charge is 0.486 e. The fraction of sp³-hybridized carbons (Fsp3) is 0.190. The summed E-state index contributed by atoms with van der Waals surface area (Å²) in [6.45, 7) is 1.73. The zero-order valence-electron chi connectivity index (χ0n) is 16.4. The number of imide groups is 1. The van der Waals surface area contributed by atoms with Crippen molar-refractivity contribution in [2.75, 3.05) is 7.11 Å². The lowest BCUT2D eigenvalue weighted by Gasteiger charge is -2.18. The van der Waals surface area contributed by atoms with E-state index in [1.165, 1.54) is 20.1 Å². The van der Waals surface area contributed by atoms with E-state index in [-0.39, 0.29) is 4.91 Å². The maximum absolute atomic E-state index is 12.6. The van der Waals surface area contributed by atoms with E-state index in [2.05, 4.69) is 20.7 Å². The fourth-order valence-electron chi connectivity index (χ4n) is 2.78. The average molecular weight is 545 g/mol. The first kappa shape index (κ1) is 23.7. The standard InChI is InChI=1S/C21H16BrCl2NO5S/c1-11(20(27)29-2)25-19(26)17(31-21(25)28)9-13-7-15(22)18(16(24)8-13)30-10-12-3-5-14(23)6-4-12/h3-9,11H,10H2,1-2H3/b17-9+/t11-/m0/s1. The van der Waals surface area contributed by atoms with E-state index in [1.54, 1.807) is 24.3 Å². The average Bonchev–Trinajstić information content (AvgIpc) is 3.00. The molecule has 162 valence electrons. The summed E-state index contributed by atoms with van der Waals surface area (Å²) < 4.78 is 11.0. The number of hydrogen-bond donors (Lipinski definition) is 0. The molecule has 2 amide bonds. The molecule has 0 radical (unpaired) electrons. The lowest BCUT2D eigenvalue weighted by atomic mass is 10.2. The Kier molecular flexibility index (Phi) is 7.69. The van der Waals surface area contributed by atoms with Gasteiger partial charge in [0.15, 0.2) is 5.75 Å². The monoisotopic (exact) mass is 543 g/mol. The van der Waals surface area contributed by atoms with Gasteiger partial charge in [-0.3, -0.25) is 14.5 Å². The lowest BCUT2D eigenvalue weighted by molar-refractivity contribution is -0.148. The van der Waals surface area contributed by atoms with Gasteiger partial charge in [0, 0.05) is 5.02 Å². The van der Waals surface area contributed by atoms with Gasteiger partial charge in [-0.1, -0.05) is 35.3 Å². The van der Waals surface area contributed by atoms with Gasteiger partial charge in [-0.2, -0.15) is 0 Å². The first-order chi connectivity index (χ1) is 14.7. The van der Waals surface area contributed by atoms with Crippen molar-refractivity contribution >= 4 is 74.1 Å². The van der Waals surface area contributed by atoms with Gasteiger partial charge in [0.2, 0.25) is 0 Å². The molecule has 0 bridgehead atoms. The minimum Gasteiger partial charge on any atom is -0.486 e. The second-order valence-electron chi connectivity index (χ2n) is 6.48. The Morgan fingerprint density at radius 3 is 2.52 bits per heavy atom. The number of rotatable bonds is 6. The number of ether oxygens (including phenoxy) is 2. The van der Waals surface area contributed by atoms with Gasteiger partial charge in [0.05, 0.1) is 21.5 Å². The third-order valence-electron chi connectivity index (χ3n) is 4.37. The second kappa shape index (κ2) is 10.1. The van der Waals surface area contributed by atoms with E-state index in [1.807, 2.05) is 12.1 Å². The Balaban J connectivity index is 1.78. The van der Waals surface area contributed by atoms with Crippen LogP contribution >= 0.6 is 50.9 Å². The molecule has 1 atom stereocenters. The summed E-state index contributed by atoms with van der Waals surface area (Å²) in [5.41, 5.74) is 1.51. The van der Waals surface area contributed by atoms with Crippen molar-refractivity contribution in [3.8, 4) is 5.75 Å². The highest BCUT2D eigenvalue weighted by Gasteiger charge is 2.41. The van der Waals surface area contributed by atoms with Crippen LogP contribution in [0.3, 0.4) is 0 Å². The predicted molar refractivity (Wildman–Crippen MR) is 124 cm³/mol. The molecule has 0 aromatic heterocycles. The maximum Gasteiger partial charge on any atom is 0.328 e. The highest BCUT2D eigenvalue weighted by Crippen LogP contribution is 2.38. The van der Waals surface area contributed by atoms with Crippen molar-refractivity contribution in [1.29, 1.82) is 0 Å². The SMILES string of the molecule is COC(=O)[C@H](C)N1C(=O)S/C(=C/c2cc(Cl)c(OCc3ccc(Cl)cc3)c(Br)c2)C1=O. The minimum atomic E-state index is -1.01. The van der Waals surface area contributed by atoms with Crippen LogP contribution < -0.4 is 4.74 Å². The molecule has 3 rings (SSSR count). The highest BCUT2D eigenvalue weighted by atomic mass is 79.9. The predicted octanol–water partition coefficient (Wildman–Crippen LogP) is 5.93. The van der Waals surface area contributed by atoms with Crippen LogP contribution in [0.5, 0.6) is 5.75 Å². The van der Waals surface area contributed by atoms with Crippen molar-refractivity contribution < 1.29 is 23.9 Å². The third kappa shape index (κ3) is 5.44. The zero-order valence-corrected chi connectivity index (χ0v) is 20.3. The molecule has 1 saturated heterocycles. The number of methoxy groups -OCH3 is 1. The van der Waals surface area contributed by atoms with Crippen molar-refractivity contribution in [3.05, 3.63) is 66.9 Å².